The van der Waals surface area contributed by atoms with Crippen LogP contribution in [0, 0.1) is 0 Å². The van der Waals surface area contributed by atoms with Gasteiger partial charge in [0.05, 0.1) is 12.0 Å². The molecule has 1 amide bonds. The highest BCUT2D eigenvalue weighted by Crippen LogP contribution is 2.63. The average molecular weight is 332 g/mol. The first-order chi connectivity index (χ1) is 10.9. The minimum Gasteiger partial charge on any atom is -0.496 e. The second kappa shape index (κ2) is 5.69. The molecular weight excluding hydrogens is 316 g/mol. The van der Waals surface area contributed by atoms with Gasteiger partial charge in [-0.25, -0.2) is 0 Å². The zero-order valence-corrected chi connectivity index (χ0v) is 13.2. The van der Waals surface area contributed by atoms with Gasteiger partial charge in [0.2, 0.25) is 0 Å². The monoisotopic (exact) mass is 332 g/mol. The molecule has 0 saturated carbocycles. The van der Waals surface area contributed by atoms with Gasteiger partial charge in [-0.3, -0.25) is 18.9 Å². The van der Waals surface area contributed by atoms with E-state index in [0.29, 0.717) is 17.7 Å². The molecular formula is C16H16N2O4S. The third-order valence-electron chi connectivity index (χ3n) is 3.65. The molecule has 3 rings (SSSR count). The molecule has 120 valence electrons. The number of hydrogen-bond acceptors (Lipinski definition) is 5. The normalized spacial score (nSPS) is 16.4. The number of ether oxygens (including phenoxy) is 1. The van der Waals surface area contributed by atoms with E-state index in [4.69, 9.17) is 10.5 Å². The van der Waals surface area contributed by atoms with Crippen LogP contribution < -0.4 is 10.5 Å². The molecule has 2 heterocycles. The van der Waals surface area contributed by atoms with Crippen molar-refractivity contribution in [3.05, 3.63) is 58.3 Å². The third-order valence-corrected chi connectivity index (χ3v) is 5.53. The predicted molar refractivity (Wildman–Crippen MR) is 88.3 cm³/mol. The van der Waals surface area contributed by atoms with Crippen molar-refractivity contribution in [1.29, 1.82) is 0 Å². The van der Waals surface area contributed by atoms with Gasteiger partial charge in [-0.1, -0.05) is 6.07 Å². The van der Waals surface area contributed by atoms with Crippen molar-refractivity contribution in [2.45, 2.75) is 11.3 Å². The van der Waals surface area contributed by atoms with Crippen LogP contribution in [-0.4, -0.2) is 27.1 Å². The number of pyridine rings is 1. The standard InChI is InChI=1S/C16H16N2O4S/c1-22-13-6-11(5-10-3-2-4-18-9-10)7-14-12(13)8-15(16(17)19)23(14,20)21/h2-4,6-9,20-21H,5H2,1H3,(H2,17,19). The number of carbonyl (C=O) groups is 1. The fourth-order valence-corrected chi connectivity index (χ4v) is 4.17. The number of nitrogens with two attached hydrogens (primary N) is 1. The number of methoxy groups -OCH3 is 1. The second-order valence-corrected chi connectivity index (χ2v) is 7.15. The van der Waals surface area contributed by atoms with Crippen molar-refractivity contribution in [3.63, 3.8) is 0 Å². The van der Waals surface area contributed by atoms with Crippen molar-refractivity contribution in [2.75, 3.05) is 7.11 Å². The Hall–Kier alpha value is -2.35. The molecule has 0 spiro atoms. The Morgan fingerprint density at radius 1 is 1.35 bits per heavy atom. The first kappa shape index (κ1) is 15.5. The van der Waals surface area contributed by atoms with Gasteiger partial charge in [0.15, 0.2) is 0 Å². The van der Waals surface area contributed by atoms with Crippen LogP contribution in [0.5, 0.6) is 5.75 Å². The van der Waals surface area contributed by atoms with Crippen molar-refractivity contribution < 1.29 is 18.6 Å². The molecule has 0 unspecified atom stereocenters. The topological polar surface area (TPSA) is 106 Å². The van der Waals surface area contributed by atoms with Gasteiger partial charge in [0, 0.05) is 18.0 Å². The smallest absolute Gasteiger partial charge is 0.265 e. The molecule has 0 radical (unpaired) electrons. The van der Waals surface area contributed by atoms with Crippen LogP contribution in [0.1, 0.15) is 16.7 Å². The predicted octanol–water partition coefficient (Wildman–Crippen LogP) is 2.63. The van der Waals surface area contributed by atoms with E-state index in [-0.39, 0.29) is 9.80 Å². The summed E-state index contributed by atoms with van der Waals surface area (Å²) < 4.78 is 26.1. The van der Waals surface area contributed by atoms with Gasteiger partial charge in [0.25, 0.3) is 5.91 Å². The maximum Gasteiger partial charge on any atom is 0.265 e. The van der Waals surface area contributed by atoms with E-state index in [2.05, 4.69) is 4.98 Å². The SMILES string of the molecule is COc1cc(Cc2cccnc2)cc2c1C=C(C(N)=O)S2(O)O. The Morgan fingerprint density at radius 2 is 2.13 bits per heavy atom. The number of aromatic nitrogens is 1. The summed E-state index contributed by atoms with van der Waals surface area (Å²) in [6, 6.07) is 7.24. The molecule has 2 aromatic rings. The Balaban J connectivity index is 2.07. The van der Waals surface area contributed by atoms with Crippen molar-refractivity contribution in [1.82, 2.24) is 4.98 Å². The molecule has 6 nitrogen and oxygen atoms in total. The van der Waals surface area contributed by atoms with Crippen LogP contribution in [-0.2, 0) is 11.2 Å². The largest absolute Gasteiger partial charge is 0.496 e. The van der Waals surface area contributed by atoms with E-state index >= 15 is 0 Å². The van der Waals surface area contributed by atoms with Gasteiger partial charge < -0.3 is 10.5 Å². The molecule has 23 heavy (non-hydrogen) atoms. The minimum atomic E-state index is -3.40. The summed E-state index contributed by atoms with van der Waals surface area (Å²) in [4.78, 5) is 15.6. The van der Waals surface area contributed by atoms with Crippen LogP contribution in [0.25, 0.3) is 6.08 Å². The molecule has 0 atom stereocenters. The molecule has 4 N–H and O–H groups in total. The fourth-order valence-electron chi connectivity index (χ4n) is 2.59. The van der Waals surface area contributed by atoms with Gasteiger partial charge in [-0.15, -0.1) is 10.6 Å². The van der Waals surface area contributed by atoms with Crippen molar-refractivity contribution in [2.24, 2.45) is 5.73 Å². The fraction of sp³-hybridized carbons (Fsp3) is 0.125. The Bertz CT molecular complexity index is 803. The number of benzene rings is 1. The van der Waals surface area contributed by atoms with E-state index in [9.17, 15) is 13.9 Å². The zero-order valence-electron chi connectivity index (χ0n) is 12.4. The van der Waals surface area contributed by atoms with Crippen LogP contribution in [0.4, 0.5) is 0 Å². The Morgan fingerprint density at radius 3 is 2.74 bits per heavy atom. The lowest BCUT2D eigenvalue weighted by Gasteiger charge is -2.30. The molecule has 0 bridgehead atoms. The van der Waals surface area contributed by atoms with E-state index in [1.54, 1.807) is 18.5 Å². The summed E-state index contributed by atoms with van der Waals surface area (Å²) in [6.07, 6.45) is 5.37. The van der Waals surface area contributed by atoms with Gasteiger partial charge in [0.1, 0.15) is 10.7 Å². The molecule has 0 fully saturated rings. The summed E-state index contributed by atoms with van der Waals surface area (Å²) in [6.45, 7) is 0. The molecule has 1 aromatic heterocycles. The molecule has 1 aliphatic rings. The highest BCUT2D eigenvalue weighted by Gasteiger charge is 2.35. The summed E-state index contributed by atoms with van der Waals surface area (Å²) in [5.41, 5.74) is 7.54. The zero-order chi connectivity index (χ0) is 16.6. The molecule has 7 heteroatoms. The van der Waals surface area contributed by atoms with E-state index < -0.39 is 16.5 Å². The summed E-state index contributed by atoms with van der Waals surface area (Å²) in [5, 5.41) is 0. The number of carbonyl (C=O) groups excluding carboxylic acids is 1. The minimum absolute atomic E-state index is 0.190. The second-order valence-electron chi connectivity index (χ2n) is 5.17. The van der Waals surface area contributed by atoms with Gasteiger partial charge >= 0.3 is 0 Å². The van der Waals surface area contributed by atoms with Crippen LogP contribution in [0.15, 0.2) is 46.5 Å². The quantitative estimate of drug-likeness (QED) is 0.798. The van der Waals surface area contributed by atoms with E-state index in [1.807, 2.05) is 18.2 Å². The average Bonchev–Trinajstić information content (AvgIpc) is 2.79. The number of hydrogen-bond donors (Lipinski definition) is 3. The number of nitrogens with zero attached hydrogens (tertiary/aromatic N) is 1. The number of amides is 1. The summed E-state index contributed by atoms with van der Waals surface area (Å²) in [7, 11) is -1.91. The first-order valence-corrected chi connectivity index (χ1v) is 8.37. The number of fused-ring (bicyclic) bond motifs is 1. The number of rotatable bonds is 4. The Kier molecular flexibility index (Phi) is 3.85. The van der Waals surface area contributed by atoms with Crippen molar-refractivity contribution >= 4 is 22.6 Å². The highest BCUT2D eigenvalue weighted by molar-refractivity contribution is 8.28. The molecule has 0 saturated heterocycles. The van der Waals surface area contributed by atoms with Crippen molar-refractivity contribution in [3.8, 4) is 5.75 Å². The maximum absolute atomic E-state index is 11.5. The first-order valence-electron chi connectivity index (χ1n) is 6.83. The highest BCUT2D eigenvalue weighted by atomic mass is 32.3. The van der Waals surface area contributed by atoms with Crippen LogP contribution >= 0.6 is 10.6 Å². The van der Waals surface area contributed by atoms with E-state index in [1.165, 1.54) is 13.2 Å². The van der Waals surface area contributed by atoms with Gasteiger partial charge in [-0.05, 0) is 41.8 Å². The number of primary amides is 1. The maximum atomic E-state index is 11.5. The lowest BCUT2D eigenvalue weighted by atomic mass is 10.0. The molecule has 0 aliphatic carbocycles. The van der Waals surface area contributed by atoms with Gasteiger partial charge in [-0.2, -0.15) is 0 Å². The van der Waals surface area contributed by atoms with Crippen LogP contribution in [0.2, 0.25) is 0 Å². The third kappa shape index (κ3) is 2.70. The lowest BCUT2D eigenvalue weighted by Crippen LogP contribution is -2.16. The van der Waals surface area contributed by atoms with E-state index in [0.717, 1.165) is 11.1 Å². The summed E-state index contributed by atoms with van der Waals surface area (Å²) in [5.74, 6) is -0.380. The molecule has 1 aromatic carbocycles. The summed E-state index contributed by atoms with van der Waals surface area (Å²) >= 11 is 0. The Labute approximate surface area is 135 Å². The lowest BCUT2D eigenvalue weighted by molar-refractivity contribution is -0.113. The van der Waals surface area contributed by atoms with Crippen LogP contribution in [0.3, 0.4) is 0 Å². The molecule has 1 aliphatic heterocycles.